The van der Waals surface area contributed by atoms with Gasteiger partial charge < -0.3 is 9.84 Å². The molecule has 0 spiro atoms. The normalized spacial score (nSPS) is 12.4. The summed E-state index contributed by atoms with van der Waals surface area (Å²) in [4.78, 5) is 10.4. The van der Waals surface area contributed by atoms with E-state index in [1.807, 2.05) is 0 Å². The van der Waals surface area contributed by atoms with Gasteiger partial charge in [0, 0.05) is 15.8 Å². The van der Waals surface area contributed by atoms with Crippen molar-refractivity contribution in [1.82, 2.24) is 0 Å². The molecule has 3 nitrogen and oxygen atoms in total. The summed E-state index contributed by atoms with van der Waals surface area (Å²) in [5.74, 6) is -1.51. The van der Waals surface area contributed by atoms with Gasteiger partial charge in [-0.3, -0.25) is 0 Å². The third kappa shape index (κ3) is 2.31. The minimum Gasteiger partial charge on any atom is -0.476 e. The van der Waals surface area contributed by atoms with Crippen LogP contribution in [0.5, 0.6) is 5.75 Å². The second-order valence-electron chi connectivity index (χ2n) is 3.36. The van der Waals surface area contributed by atoms with Crippen molar-refractivity contribution in [3.8, 4) is 5.75 Å². The maximum absolute atomic E-state index is 13.0. The number of carboxylic acid groups (broad SMARTS) is 1. The molecule has 2 aromatic carbocycles. The number of hydrogen-bond acceptors (Lipinski definition) is 2. The fraction of sp³-hybridized carbons (Fsp3) is 0.0833. The van der Waals surface area contributed by atoms with Crippen molar-refractivity contribution in [3.05, 3.63) is 41.4 Å². The Morgan fingerprint density at radius 3 is 2.53 bits per heavy atom. The average Bonchev–Trinajstić information content (AvgIpc) is 2.33. The van der Waals surface area contributed by atoms with Crippen molar-refractivity contribution in [3.63, 3.8) is 0 Å². The summed E-state index contributed by atoms with van der Waals surface area (Å²) in [5, 5.41) is 10.2. The predicted octanol–water partition coefficient (Wildman–Crippen LogP) is 3.25. The van der Waals surface area contributed by atoms with Gasteiger partial charge in [-0.05, 0) is 12.1 Å². The standard InChI is InChI=1S/C12H8ClFO3/c13-9-5-6-10(17-11(14)12(15)16)8-4-2-1-3-7(8)9/h1-6,11H,(H,15,16). The molecule has 0 heterocycles. The first kappa shape index (κ1) is 11.7. The van der Waals surface area contributed by atoms with Crippen LogP contribution in [-0.2, 0) is 4.79 Å². The fourth-order valence-electron chi connectivity index (χ4n) is 1.50. The Bertz CT molecular complexity index is 571. The van der Waals surface area contributed by atoms with E-state index in [1.165, 1.54) is 12.1 Å². The number of halogens is 2. The smallest absolute Gasteiger partial charge is 0.378 e. The predicted molar refractivity (Wildman–Crippen MR) is 62.1 cm³/mol. The molecule has 88 valence electrons. The van der Waals surface area contributed by atoms with Gasteiger partial charge in [0.15, 0.2) is 0 Å². The number of fused-ring (bicyclic) bond motifs is 1. The Labute approximate surface area is 101 Å². The van der Waals surface area contributed by atoms with Crippen molar-refractivity contribution in [2.45, 2.75) is 6.36 Å². The fourth-order valence-corrected chi connectivity index (χ4v) is 1.73. The summed E-state index contributed by atoms with van der Waals surface area (Å²) < 4.78 is 17.7. The molecular weight excluding hydrogens is 247 g/mol. The van der Waals surface area contributed by atoms with E-state index in [4.69, 9.17) is 21.4 Å². The highest BCUT2D eigenvalue weighted by Crippen LogP contribution is 2.31. The Kier molecular flexibility index (Phi) is 3.15. The monoisotopic (exact) mass is 254 g/mol. The summed E-state index contributed by atoms with van der Waals surface area (Å²) >= 11 is 5.96. The third-order valence-corrected chi connectivity index (χ3v) is 2.59. The van der Waals surface area contributed by atoms with Gasteiger partial charge >= 0.3 is 12.3 Å². The van der Waals surface area contributed by atoms with E-state index < -0.39 is 12.3 Å². The van der Waals surface area contributed by atoms with Crippen LogP contribution in [-0.4, -0.2) is 17.4 Å². The quantitative estimate of drug-likeness (QED) is 0.915. The molecule has 0 bridgehead atoms. The SMILES string of the molecule is O=C(O)C(F)Oc1ccc(Cl)c2ccccc12. The highest BCUT2D eigenvalue weighted by molar-refractivity contribution is 6.35. The zero-order valence-corrected chi connectivity index (χ0v) is 9.32. The topological polar surface area (TPSA) is 46.5 Å². The molecule has 0 aromatic heterocycles. The number of benzene rings is 2. The molecule has 0 saturated heterocycles. The van der Waals surface area contributed by atoms with E-state index in [-0.39, 0.29) is 5.75 Å². The first-order valence-electron chi connectivity index (χ1n) is 4.80. The van der Waals surface area contributed by atoms with Crippen molar-refractivity contribution in [2.24, 2.45) is 0 Å². The Morgan fingerprint density at radius 1 is 1.24 bits per heavy atom. The van der Waals surface area contributed by atoms with Crippen LogP contribution in [0, 0.1) is 0 Å². The highest BCUT2D eigenvalue weighted by Gasteiger charge is 2.18. The third-order valence-electron chi connectivity index (χ3n) is 2.26. The molecule has 0 aliphatic carbocycles. The van der Waals surface area contributed by atoms with Gasteiger partial charge in [-0.1, -0.05) is 35.9 Å². The van der Waals surface area contributed by atoms with Crippen molar-refractivity contribution >= 4 is 28.3 Å². The molecule has 0 radical (unpaired) electrons. The molecule has 5 heteroatoms. The minimum atomic E-state index is -2.39. The molecule has 1 N–H and O–H groups in total. The van der Waals surface area contributed by atoms with Crippen LogP contribution in [0.25, 0.3) is 10.8 Å². The Hall–Kier alpha value is -1.81. The second-order valence-corrected chi connectivity index (χ2v) is 3.77. The van der Waals surface area contributed by atoms with E-state index in [1.54, 1.807) is 24.3 Å². The van der Waals surface area contributed by atoms with Gasteiger partial charge in [0.05, 0.1) is 0 Å². The minimum absolute atomic E-state index is 0.153. The number of ether oxygens (including phenoxy) is 1. The zero-order valence-electron chi connectivity index (χ0n) is 8.56. The lowest BCUT2D eigenvalue weighted by atomic mass is 10.1. The Morgan fingerprint density at radius 2 is 1.88 bits per heavy atom. The van der Waals surface area contributed by atoms with Crippen LogP contribution in [0.3, 0.4) is 0 Å². The van der Waals surface area contributed by atoms with Crippen LogP contribution in [0.4, 0.5) is 4.39 Å². The molecule has 0 fully saturated rings. The van der Waals surface area contributed by atoms with Crippen LogP contribution < -0.4 is 4.74 Å². The van der Waals surface area contributed by atoms with E-state index in [2.05, 4.69) is 0 Å². The second kappa shape index (κ2) is 4.59. The van der Waals surface area contributed by atoms with Gasteiger partial charge in [-0.15, -0.1) is 0 Å². The number of hydrogen-bond donors (Lipinski definition) is 1. The lowest BCUT2D eigenvalue weighted by Gasteiger charge is -2.10. The number of carboxylic acids is 1. The Balaban J connectivity index is 2.48. The van der Waals surface area contributed by atoms with Gasteiger partial charge in [-0.25, -0.2) is 4.79 Å². The summed E-state index contributed by atoms with van der Waals surface area (Å²) in [6.45, 7) is 0. The maximum Gasteiger partial charge on any atom is 0.378 e. The van der Waals surface area contributed by atoms with Crippen LogP contribution in [0.15, 0.2) is 36.4 Å². The highest BCUT2D eigenvalue weighted by atomic mass is 35.5. The van der Waals surface area contributed by atoms with Crippen LogP contribution >= 0.6 is 11.6 Å². The van der Waals surface area contributed by atoms with Crippen LogP contribution in [0.1, 0.15) is 0 Å². The molecule has 1 unspecified atom stereocenters. The molecule has 17 heavy (non-hydrogen) atoms. The summed E-state index contributed by atoms with van der Waals surface area (Å²) in [6.07, 6.45) is -2.39. The first-order valence-corrected chi connectivity index (χ1v) is 5.18. The molecule has 2 aromatic rings. The summed E-state index contributed by atoms with van der Waals surface area (Å²) in [5.41, 5.74) is 0. The summed E-state index contributed by atoms with van der Waals surface area (Å²) in [6, 6.07) is 9.93. The van der Waals surface area contributed by atoms with Gasteiger partial charge in [0.2, 0.25) is 0 Å². The number of rotatable bonds is 3. The number of aliphatic carboxylic acids is 1. The number of alkyl halides is 1. The molecule has 2 rings (SSSR count). The van der Waals surface area contributed by atoms with Gasteiger partial charge in [0.1, 0.15) is 5.75 Å². The molecule has 0 aliphatic rings. The molecular formula is C12H8ClFO3. The van der Waals surface area contributed by atoms with Crippen molar-refractivity contribution in [2.75, 3.05) is 0 Å². The molecule has 1 atom stereocenters. The van der Waals surface area contributed by atoms with Crippen molar-refractivity contribution in [1.29, 1.82) is 0 Å². The van der Waals surface area contributed by atoms with E-state index in [0.717, 1.165) is 0 Å². The largest absolute Gasteiger partial charge is 0.476 e. The van der Waals surface area contributed by atoms with Crippen molar-refractivity contribution < 1.29 is 19.0 Å². The van der Waals surface area contributed by atoms with E-state index >= 15 is 0 Å². The van der Waals surface area contributed by atoms with E-state index in [9.17, 15) is 9.18 Å². The maximum atomic E-state index is 13.0. The number of carbonyl (C=O) groups is 1. The van der Waals surface area contributed by atoms with Gasteiger partial charge in [-0.2, -0.15) is 4.39 Å². The molecule has 0 saturated carbocycles. The van der Waals surface area contributed by atoms with Crippen LogP contribution in [0.2, 0.25) is 5.02 Å². The zero-order chi connectivity index (χ0) is 12.4. The summed E-state index contributed by atoms with van der Waals surface area (Å²) in [7, 11) is 0. The molecule has 0 aliphatic heterocycles. The average molecular weight is 255 g/mol. The lowest BCUT2D eigenvalue weighted by molar-refractivity contribution is -0.153. The first-order chi connectivity index (χ1) is 8.09. The lowest BCUT2D eigenvalue weighted by Crippen LogP contribution is -2.21. The molecule has 0 amide bonds. The van der Waals surface area contributed by atoms with Gasteiger partial charge in [0.25, 0.3) is 0 Å². The van der Waals surface area contributed by atoms with E-state index in [0.29, 0.717) is 15.8 Å².